The normalized spacial score (nSPS) is 14.8. The Balaban J connectivity index is 1.79. The number of rotatable bonds is 1. The van der Waals surface area contributed by atoms with E-state index in [1.54, 1.807) is 6.20 Å². The van der Waals surface area contributed by atoms with Gasteiger partial charge in [-0.05, 0) is 77.7 Å². The van der Waals surface area contributed by atoms with Gasteiger partial charge in [0.1, 0.15) is 7.05 Å². The minimum absolute atomic E-state index is 0.414. The Morgan fingerprint density at radius 2 is 1.71 bits per heavy atom. The first-order valence-electron chi connectivity index (χ1n) is 11.4. The Bertz CT molecular complexity index is 1350. The van der Waals surface area contributed by atoms with Crippen molar-refractivity contribution in [2.75, 3.05) is 0 Å². The summed E-state index contributed by atoms with van der Waals surface area (Å²) < 4.78 is 25.6. The minimum Gasteiger partial charge on any atom is -0.201 e. The molecule has 0 N–H and O–H groups in total. The molecule has 138 valence electrons. The number of hydrogen-bond acceptors (Lipinski definition) is 0. The van der Waals surface area contributed by atoms with Crippen LogP contribution in [0.4, 0.5) is 0 Å². The quantitative estimate of drug-likeness (QED) is 0.362. The van der Waals surface area contributed by atoms with Crippen molar-refractivity contribution in [2.45, 2.75) is 33.5 Å². The van der Waals surface area contributed by atoms with Crippen LogP contribution in [0.3, 0.4) is 0 Å². The highest BCUT2D eigenvalue weighted by Gasteiger charge is 2.25. The maximum atomic E-state index is 7.86. The topological polar surface area (TPSA) is 3.88 Å². The summed E-state index contributed by atoms with van der Waals surface area (Å²) in [6.07, 6.45) is 3.78. The van der Waals surface area contributed by atoms with E-state index in [-0.39, 0.29) is 0 Å². The Kier molecular flexibility index (Phi) is 3.18. The molecular weight excluding hydrogens is 338 g/mol. The van der Waals surface area contributed by atoms with E-state index in [0.29, 0.717) is 5.56 Å². The number of benzene rings is 3. The molecule has 1 heterocycles. The van der Waals surface area contributed by atoms with Crippen LogP contribution in [-0.4, -0.2) is 0 Å². The average molecular weight is 368 g/mol. The maximum Gasteiger partial charge on any atom is 0.213 e. The molecule has 0 bridgehead atoms. The highest BCUT2D eigenvalue weighted by Crippen LogP contribution is 2.43. The fraction of sp³-hybridized carbons (Fsp3) is 0.222. The zero-order chi connectivity index (χ0) is 21.9. The van der Waals surface area contributed by atoms with Crippen LogP contribution in [0.1, 0.15) is 31.9 Å². The lowest BCUT2D eigenvalue weighted by Gasteiger charge is -2.25. The van der Waals surface area contributed by atoms with Gasteiger partial charge in [0.05, 0.1) is 5.56 Å². The molecule has 0 saturated carbocycles. The molecule has 0 saturated heterocycles. The third-order valence-electron chi connectivity index (χ3n) is 6.19. The highest BCUT2D eigenvalue weighted by atomic mass is 14.9. The predicted molar refractivity (Wildman–Crippen MR) is 118 cm³/mol. The number of pyridine rings is 1. The summed E-state index contributed by atoms with van der Waals surface area (Å²) in [5.74, 6) is 0. The summed E-state index contributed by atoms with van der Waals surface area (Å²) in [5, 5.41) is 2.56. The van der Waals surface area contributed by atoms with Crippen LogP contribution in [0.5, 0.6) is 0 Å². The Morgan fingerprint density at radius 3 is 2.57 bits per heavy atom. The summed E-state index contributed by atoms with van der Waals surface area (Å²) in [7, 11) is 1.95. The molecule has 0 fully saturated rings. The Labute approximate surface area is 171 Å². The van der Waals surface area contributed by atoms with Crippen LogP contribution >= 0.6 is 0 Å². The molecular formula is C27H26N+. The molecule has 0 spiro atoms. The lowest BCUT2D eigenvalue weighted by atomic mass is 9.79. The number of aryl methyl sites for hydroxylation is 5. The van der Waals surface area contributed by atoms with Crippen LogP contribution in [0.15, 0.2) is 60.8 Å². The van der Waals surface area contributed by atoms with E-state index in [1.807, 2.05) is 24.6 Å². The Morgan fingerprint density at radius 1 is 0.857 bits per heavy atom. The van der Waals surface area contributed by atoms with Gasteiger partial charge in [0.2, 0.25) is 5.69 Å². The van der Waals surface area contributed by atoms with E-state index in [1.165, 1.54) is 44.2 Å². The monoisotopic (exact) mass is 367 g/mol. The van der Waals surface area contributed by atoms with E-state index >= 15 is 0 Å². The van der Waals surface area contributed by atoms with E-state index < -0.39 is 6.85 Å². The summed E-state index contributed by atoms with van der Waals surface area (Å²) in [4.78, 5) is 0. The molecule has 1 nitrogen and oxygen atoms in total. The first-order valence-corrected chi connectivity index (χ1v) is 9.90. The van der Waals surface area contributed by atoms with Crippen LogP contribution < -0.4 is 4.57 Å². The molecule has 4 aromatic rings. The molecule has 0 aliphatic heterocycles. The third-order valence-corrected chi connectivity index (χ3v) is 6.19. The smallest absolute Gasteiger partial charge is 0.201 e. The summed E-state index contributed by atoms with van der Waals surface area (Å²) in [5.41, 5.74) is 10.2. The second kappa shape index (κ2) is 6.31. The largest absolute Gasteiger partial charge is 0.213 e. The molecule has 1 aliphatic carbocycles. The van der Waals surface area contributed by atoms with Gasteiger partial charge in [-0.15, -0.1) is 0 Å². The van der Waals surface area contributed by atoms with Gasteiger partial charge < -0.3 is 0 Å². The number of hydrogen-bond donors (Lipinski definition) is 0. The Hall–Kier alpha value is -2.93. The van der Waals surface area contributed by atoms with Crippen molar-refractivity contribution in [3.05, 3.63) is 88.6 Å². The summed E-state index contributed by atoms with van der Waals surface area (Å²) in [6.45, 7) is 1.95. The zero-order valence-corrected chi connectivity index (χ0v) is 16.6. The van der Waals surface area contributed by atoms with Crippen molar-refractivity contribution in [3.63, 3.8) is 0 Å². The van der Waals surface area contributed by atoms with Crippen LogP contribution in [-0.2, 0) is 19.9 Å². The van der Waals surface area contributed by atoms with Crippen molar-refractivity contribution in [2.24, 2.45) is 7.05 Å². The van der Waals surface area contributed by atoms with E-state index in [9.17, 15) is 0 Å². The van der Waals surface area contributed by atoms with Crippen LogP contribution in [0.2, 0.25) is 0 Å². The molecule has 0 unspecified atom stereocenters. The second-order valence-electron chi connectivity index (χ2n) is 7.97. The molecule has 28 heavy (non-hydrogen) atoms. The van der Waals surface area contributed by atoms with Crippen molar-refractivity contribution < 1.29 is 8.68 Å². The first kappa shape index (κ1) is 14.1. The lowest BCUT2D eigenvalue weighted by molar-refractivity contribution is -0.660. The molecule has 1 heteroatoms. The number of fused-ring (bicyclic) bond motifs is 5. The molecule has 0 amide bonds. The van der Waals surface area contributed by atoms with Gasteiger partial charge in [-0.2, -0.15) is 0 Å². The molecule has 1 aromatic heterocycles. The van der Waals surface area contributed by atoms with Crippen molar-refractivity contribution in [3.8, 4) is 22.4 Å². The van der Waals surface area contributed by atoms with E-state index in [0.717, 1.165) is 24.1 Å². The molecule has 3 aromatic carbocycles. The molecule has 0 atom stereocenters. The maximum absolute atomic E-state index is 7.86. The van der Waals surface area contributed by atoms with Gasteiger partial charge in [-0.25, -0.2) is 4.57 Å². The standard InChI is InChI=1S/C27H26N/c1-17-9-13-24-23(26(17)25-15-18(2)19(3)16-28(25)4)14-12-21-11-10-20-7-5-6-8-22(20)27(21)24/h5-11,13,15-16H,12,14H2,1-4H3/q+1/i3D3. The van der Waals surface area contributed by atoms with Gasteiger partial charge >= 0.3 is 0 Å². The fourth-order valence-electron chi connectivity index (χ4n) is 4.72. The minimum atomic E-state index is -2.11. The van der Waals surface area contributed by atoms with E-state index in [2.05, 4.69) is 55.5 Å². The van der Waals surface area contributed by atoms with Gasteiger partial charge in [-0.3, -0.25) is 0 Å². The number of nitrogens with zero attached hydrogens (tertiary/aromatic N) is 1. The number of aromatic nitrogens is 1. The zero-order valence-electron chi connectivity index (χ0n) is 19.6. The van der Waals surface area contributed by atoms with Gasteiger partial charge in [0, 0.05) is 15.7 Å². The fourth-order valence-corrected chi connectivity index (χ4v) is 4.72. The summed E-state index contributed by atoms with van der Waals surface area (Å²) >= 11 is 0. The van der Waals surface area contributed by atoms with Crippen molar-refractivity contribution in [1.82, 2.24) is 0 Å². The van der Waals surface area contributed by atoms with Crippen LogP contribution in [0.25, 0.3) is 33.2 Å². The molecule has 0 radical (unpaired) electrons. The second-order valence-corrected chi connectivity index (χ2v) is 7.97. The molecule has 1 aliphatic rings. The summed E-state index contributed by atoms with van der Waals surface area (Å²) in [6, 6.07) is 19.6. The lowest BCUT2D eigenvalue weighted by Crippen LogP contribution is -2.32. The van der Waals surface area contributed by atoms with Gasteiger partial charge in [0.15, 0.2) is 6.20 Å². The highest BCUT2D eigenvalue weighted by molar-refractivity contribution is 6.00. The SMILES string of the molecule is [2H]C([2H])([2H])c1c[n+](C)c(-c2c(C)ccc3c2CCc2ccc4ccccc4c2-3)cc1C. The third kappa shape index (κ3) is 2.50. The molecule has 5 rings (SSSR count). The van der Waals surface area contributed by atoms with Crippen molar-refractivity contribution in [1.29, 1.82) is 0 Å². The van der Waals surface area contributed by atoms with Crippen molar-refractivity contribution >= 4 is 10.8 Å². The first-order chi connectivity index (χ1) is 14.8. The van der Waals surface area contributed by atoms with Gasteiger partial charge in [0.25, 0.3) is 0 Å². The van der Waals surface area contributed by atoms with Gasteiger partial charge in [-0.1, -0.05) is 48.5 Å². The predicted octanol–water partition coefficient (Wildman–Crippen LogP) is 6.02. The van der Waals surface area contributed by atoms with Crippen LogP contribution in [0, 0.1) is 20.7 Å². The average Bonchev–Trinajstić information content (AvgIpc) is 2.74. The van der Waals surface area contributed by atoms with E-state index in [4.69, 9.17) is 4.11 Å².